The lowest BCUT2D eigenvalue weighted by Gasteiger charge is -2.33. The Bertz CT molecular complexity index is 911. The van der Waals surface area contributed by atoms with Gasteiger partial charge in [0, 0.05) is 38.6 Å². The van der Waals surface area contributed by atoms with Crippen LogP contribution in [0.1, 0.15) is 15.9 Å². The van der Waals surface area contributed by atoms with E-state index in [0.29, 0.717) is 5.56 Å². The molecule has 0 saturated carbocycles. The number of rotatable bonds is 6. The van der Waals surface area contributed by atoms with E-state index in [1.165, 1.54) is 33.7 Å². The molecule has 1 aliphatic rings. The molecular formula is C19H21N3O5S. The average Bonchev–Trinajstić information content (AvgIpc) is 2.73. The molecule has 1 saturated heterocycles. The monoisotopic (exact) mass is 403 g/mol. The van der Waals surface area contributed by atoms with E-state index in [2.05, 4.69) is 4.98 Å². The summed E-state index contributed by atoms with van der Waals surface area (Å²) in [4.78, 5) is 29.5. The van der Waals surface area contributed by atoms with Gasteiger partial charge in [-0.2, -0.15) is 4.31 Å². The molecule has 8 nitrogen and oxygen atoms in total. The summed E-state index contributed by atoms with van der Waals surface area (Å²) in [5.74, 6) is -1.01. The van der Waals surface area contributed by atoms with E-state index in [4.69, 9.17) is 4.74 Å². The van der Waals surface area contributed by atoms with Crippen LogP contribution in [0.25, 0.3) is 0 Å². The summed E-state index contributed by atoms with van der Waals surface area (Å²) in [5.41, 5.74) is 1.05. The highest BCUT2D eigenvalue weighted by molar-refractivity contribution is 7.88. The van der Waals surface area contributed by atoms with Crippen molar-refractivity contribution in [3.8, 4) is 0 Å². The molecule has 2 aromatic rings. The van der Waals surface area contributed by atoms with Crippen molar-refractivity contribution in [3.05, 3.63) is 66.0 Å². The third-order valence-electron chi connectivity index (χ3n) is 4.42. The van der Waals surface area contributed by atoms with Crippen LogP contribution in [0.5, 0.6) is 0 Å². The summed E-state index contributed by atoms with van der Waals surface area (Å²) < 4.78 is 31.5. The highest BCUT2D eigenvalue weighted by Gasteiger charge is 2.29. The molecule has 1 aliphatic heterocycles. The maximum absolute atomic E-state index is 12.6. The van der Waals surface area contributed by atoms with Crippen molar-refractivity contribution >= 4 is 21.9 Å². The number of sulfonamides is 1. The molecule has 1 amide bonds. The SMILES string of the molecule is O=C(OCC(=O)N1CCN(S(=O)(=O)Cc2ccccc2)CC1)c1ccncc1. The Morgan fingerprint density at radius 1 is 0.964 bits per heavy atom. The lowest BCUT2D eigenvalue weighted by atomic mass is 10.2. The summed E-state index contributed by atoms with van der Waals surface area (Å²) in [6.45, 7) is 0.593. The van der Waals surface area contributed by atoms with Crippen molar-refractivity contribution in [2.24, 2.45) is 0 Å². The molecule has 0 radical (unpaired) electrons. The van der Waals surface area contributed by atoms with E-state index in [0.717, 1.165) is 5.56 Å². The molecule has 0 aliphatic carbocycles. The lowest BCUT2D eigenvalue weighted by Crippen LogP contribution is -2.51. The van der Waals surface area contributed by atoms with E-state index in [1.807, 2.05) is 6.07 Å². The summed E-state index contributed by atoms with van der Waals surface area (Å²) >= 11 is 0. The quantitative estimate of drug-likeness (QED) is 0.665. The number of carbonyl (C=O) groups excluding carboxylic acids is 2. The Labute approximate surface area is 163 Å². The average molecular weight is 403 g/mol. The minimum atomic E-state index is -3.44. The number of aromatic nitrogens is 1. The van der Waals surface area contributed by atoms with Gasteiger partial charge in [0.15, 0.2) is 6.61 Å². The van der Waals surface area contributed by atoms with Gasteiger partial charge in [-0.25, -0.2) is 13.2 Å². The minimum Gasteiger partial charge on any atom is -0.452 e. The van der Waals surface area contributed by atoms with Gasteiger partial charge in [0.25, 0.3) is 5.91 Å². The highest BCUT2D eigenvalue weighted by atomic mass is 32.2. The number of piperazine rings is 1. The first kappa shape index (κ1) is 20.0. The largest absolute Gasteiger partial charge is 0.452 e. The summed E-state index contributed by atoms with van der Waals surface area (Å²) in [6.07, 6.45) is 2.93. The number of esters is 1. The molecule has 1 aromatic carbocycles. The van der Waals surface area contributed by atoms with Crippen LogP contribution in [0, 0.1) is 0 Å². The van der Waals surface area contributed by atoms with E-state index >= 15 is 0 Å². The van der Waals surface area contributed by atoms with Crippen LogP contribution < -0.4 is 0 Å². The number of nitrogens with zero attached hydrogens (tertiary/aromatic N) is 3. The standard InChI is InChI=1S/C19H21N3O5S/c23-18(14-27-19(24)17-6-8-20-9-7-17)21-10-12-22(13-11-21)28(25,26)15-16-4-2-1-3-5-16/h1-9H,10-15H2. The molecule has 148 valence electrons. The number of hydrogen-bond donors (Lipinski definition) is 0. The molecule has 0 unspecified atom stereocenters. The summed E-state index contributed by atoms with van der Waals surface area (Å²) in [6, 6.07) is 12.0. The first-order valence-electron chi connectivity index (χ1n) is 8.82. The van der Waals surface area contributed by atoms with Gasteiger partial charge in [-0.1, -0.05) is 30.3 Å². The molecule has 1 aromatic heterocycles. The van der Waals surface area contributed by atoms with Crippen molar-refractivity contribution in [3.63, 3.8) is 0 Å². The Morgan fingerprint density at radius 2 is 1.61 bits per heavy atom. The van der Waals surface area contributed by atoms with Crippen LogP contribution in [0.3, 0.4) is 0 Å². The van der Waals surface area contributed by atoms with Gasteiger partial charge < -0.3 is 9.64 Å². The van der Waals surface area contributed by atoms with E-state index < -0.39 is 16.0 Å². The first-order valence-corrected chi connectivity index (χ1v) is 10.4. The van der Waals surface area contributed by atoms with Gasteiger partial charge >= 0.3 is 5.97 Å². The zero-order chi connectivity index (χ0) is 20.0. The number of ether oxygens (including phenoxy) is 1. The lowest BCUT2D eigenvalue weighted by molar-refractivity contribution is -0.135. The van der Waals surface area contributed by atoms with Crippen LogP contribution in [-0.4, -0.2) is 67.3 Å². The molecule has 1 fully saturated rings. The van der Waals surface area contributed by atoms with Crippen molar-refractivity contribution in [2.75, 3.05) is 32.8 Å². The minimum absolute atomic E-state index is 0.0642. The number of hydrogen-bond acceptors (Lipinski definition) is 6. The van der Waals surface area contributed by atoms with Crippen molar-refractivity contribution in [1.29, 1.82) is 0 Å². The number of amides is 1. The first-order chi connectivity index (χ1) is 13.5. The fraction of sp³-hybridized carbons (Fsp3) is 0.316. The second-order valence-electron chi connectivity index (χ2n) is 6.33. The van der Waals surface area contributed by atoms with Crippen LogP contribution in [0.4, 0.5) is 0 Å². The molecular weight excluding hydrogens is 382 g/mol. The molecule has 3 rings (SSSR count). The van der Waals surface area contributed by atoms with Crippen LogP contribution in [0.2, 0.25) is 0 Å². The van der Waals surface area contributed by atoms with E-state index in [1.54, 1.807) is 24.3 Å². The zero-order valence-electron chi connectivity index (χ0n) is 15.2. The predicted molar refractivity (Wildman–Crippen MR) is 102 cm³/mol. The van der Waals surface area contributed by atoms with Gasteiger partial charge in [-0.3, -0.25) is 9.78 Å². The summed E-state index contributed by atoms with van der Waals surface area (Å²) in [5, 5.41) is 0. The molecule has 9 heteroatoms. The predicted octanol–water partition coefficient (Wildman–Crippen LogP) is 0.913. The maximum Gasteiger partial charge on any atom is 0.338 e. The smallest absolute Gasteiger partial charge is 0.338 e. The third kappa shape index (κ3) is 5.14. The highest BCUT2D eigenvalue weighted by Crippen LogP contribution is 2.14. The topological polar surface area (TPSA) is 96.9 Å². The van der Waals surface area contributed by atoms with Gasteiger partial charge in [-0.15, -0.1) is 0 Å². The molecule has 0 bridgehead atoms. The normalized spacial score (nSPS) is 15.2. The van der Waals surface area contributed by atoms with Gasteiger partial charge in [-0.05, 0) is 17.7 Å². The fourth-order valence-electron chi connectivity index (χ4n) is 2.88. The third-order valence-corrected chi connectivity index (χ3v) is 6.27. The second kappa shape index (κ2) is 8.94. The number of carbonyl (C=O) groups is 2. The van der Waals surface area contributed by atoms with Crippen molar-refractivity contribution in [1.82, 2.24) is 14.2 Å². The van der Waals surface area contributed by atoms with Gasteiger partial charge in [0.2, 0.25) is 10.0 Å². The van der Waals surface area contributed by atoms with Crippen molar-refractivity contribution < 1.29 is 22.7 Å². The Kier molecular flexibility index (Phi) is 6.37. The zero-order valence-corrected chi connectivity index (χ0v) is 16.0. The van der Waals surface area contributed by atoms with E-state index in [-0.39, 0.29) is 44.4 Å². The Balaban J connectivity index is 1.48. The summed E-state index contributed by atoms with van der Waals surface area (Å²) in [7, 11) is -3.44. The number of pyridine rings is 1. The number of benzene rings is 1. The Morgan fingerprint density at radius 3 is 2.25 bits per heavy atom. The molecule has 2 heterocycles. The molecule has 0 N–H and O–H groups in total. The van der Waals surface area contributed by atoms with Crippen LogP contribution in [0.15, 0.2) is 54.9 Å². The van der Waals surface area contributed by atoms with Crippen LogP contribution >= 0.6 is 0 Å². The van der Waals surface area contributed by atoms with Crippen molar-refractivity contribution in [2.45, 2.75) is 5.75 Å². The molecule has 0 spiro atoms. The van der Waals surface area contributed by atoms with Gasteiger partial charge in [0.1, 0.15) is 0 Å². The maximum atomic E-state index is 12.6. The second-order valence-corrected chi connectivity index (χ2v) is 8.30. The molecule has 28 heavy (non-hydrogen) atoms. The van der Waals surface area contributed by atoms with Crippen LogP contribution in [-0.2, 0) is 25.3 Å². The van der Waals surface area contributed by atoms with Gasteiger partial charge in [0.05, 0.1) is 11.3 Å². The Hall–Kier alpha value is -2.78. The van der Waals surface area contributed by atoms with E-state index in [9.17, 15) is 18.0 Å². The molecule has 0 atom stereocenters. The fourth-order valence-corrected chi connectivity index (χ4v) is 4.40.